The molecule has 4 heavy (non-hydrogen) atoms. The zero-order valence-corrected chi connectivity index (χ0v) is 9.16. The first-order valence-corrected chi connectivity index (χ1v) is 0. The summed E-state index contributed by atoms with van der Waals surface area (Å²) in [6.45, 7) is 0. The fourth-order valence-electron chi connectivity index (χ4n) is 0. The van der Waals surface area contributed by atoms with Gasteiger partial charge in [0, 0.05) is 95.0 Å². The maximum Gasteiger partial charge on any atom is 0 e. The first kappa shape index (κ1) is 27.3. The predicted octanol–water partition coefficient (Wildman–Crippen LogP) is -0.0100. The van der Waals surface area contributed by atoms with Crippen LogP contribution in [0.25, 0.3) is 0 Å². The van der Waals surface area contributed by atoms with E-state index in [0.717, 1.165) is 0 Å². The van der Waals surface area contributed by atoms with Gasteiger partial charge in [0.2, 0.25) is 0 Å². The topological polar surface area (TPSA) is 0 Å². The Morgan fingerprint density at radius 2 is 1.00 bits per heavy atom. The fourth-order valence-corrected chi connectivity index (χ4v) is 0. The second-order valence-electron chi connectivity index (χ2n) is 0. The molecule has 32 valence electrons. The molecule has 0 aliphatic rings. The van der Waals surface area contributed by atoms with Crippen LogP contribution in [0.4, 0.5) is 0 Å². The van der Waals surface area contributed by atoms with Gasteiger partial charge >= 0.3 is 0 Å². The number of hydrogen-bond donors (Lipinski definition) is 0. The van der Waals surface area contributed by atoms with Gasteiger partial charge in [0.15, 0.2) is 0 Å². The van der Waals surface area contributed by atoms with E-state index in [1.807, 2.05) is 0 Å². The summed E-state index contributed by atoms with van der Waals surface area (Å²) in [4.78, 5) is 0. The van der Waals surface area contributed by atoms with Crippen LogP contribution in [0, 0.1) is 0 Å². The van der Waals surface area contributed by atoms with Crippen LogP contribution < -0.4 is 0 Å². The third kappa shape index (κ3) is 8.93. The van der Waals surface area contributed by atoms with E-state index in [-0.39, 0.29) is 95.0 Å². The largest absolute Gasteiger partial charge is 0 e. The zero-order chi connectivity index (χ0) is 0. The van der Waals surface area contributed by atoms with Gasteiger partial charge in [-0.15, -0.1) is 0 Å². The molecule has 0 spiro atoms. The fraction of sp³-hybridized carbons (Fsp3) is 0. The third-order valence-electron chi connectivity index (χ3n) is 0. The first-order valence-electron chi connectivity index (χ1n) is 0. The minimum atomic E-state index is 0. The van der Waals surface area contributed by atoms with Gasteiger partial charge in [0.25, 0.3) is 0 Å². The van der Waals surface area contributed by atoms with Gasteiger partial charge in [-0.3, -0.25) is 0 Å². The molecule has 4 heteroatoms. The van der Waals surface area contributed by atoms with Crippen LogP contribution in [0.2, 0.25) is 0 Å². The Kier molecular flexibility index (Phi) is 113. The normalized spacial score (nSPS) is 0. The summed E-state index contributed by atoms with van der Waals surface area (Å²) in [7, 11) is 0. The van der Waals surface area contributed by atoms with E-state index in [2.05, 4.69) is 0 Å². The summed E-state index contributed by atoms with van der Waals surface area (Å²) in [6.07, 6.45) is 0. The van der Waals surface area contributed by atoms with Crippen LogP contribution in [-0.2, 0) is 95.0 Å². The Morgan fingerprint density at radius 1 is 1.00 bits per heavy atom. The Hall–Kier alpha value is 3.13. The van der Waals surface area contributed by atoms with Crippen LogP contribution in [0.5, 0.6) is 0 Å². The second-order valence-corrected chi connectivity index (χ2v) is 0. The van der Waals surface area contributed by atoms with E-state index in [1.165, 1.54) is 0 Å². The summed E-state index contributed by atoms with van der Waals surface area (Å²) in [6, 6.07) is 0. The Balaban J connectivity index is 0. The molecule has 0 unspecified atom stereocenters. The quantitative estimate of drug-likeness (QED) is 0.499. The Bertz CT molecular complexity index is 8.00. The van der Waals surface area contributed by atoms with Gasteiger partial charge < -0.3 is 0 Å². The van der Waals surface area contributed by atoms with E-state index in [9.17, 15) is 0 Å². The second kappa shape index (κ2) is 16.5. The van der Waals surface area contributed by atoms with E-state index in [4.69, 9.17) is 0 Å². The molecule has 0 atom stereocenters. The van der Waals surface area contributed by atoms with Gasteiger partial charge in [-0.1, -0.05) is 0 Å². The molecule has 0 fully saturated rings. The van der Waals surface area contributed by atoms with Gasteiger partial charge in [-0.05, 0) is 0 Å². The van der Waals surface area contributed by atoms with Crippen LogP contribution in [-0.4, -0.2) is 0 Å². The molecule has 0 rings (SSSR count). The molecule has 0 N–H and O–H groups in total. The molecule has 0 saturated heterocycles. The summed E-state index contributed by atoms with van der Waals surface area (Å²) >= 11 is 0. The van der Waals surface area contributed by atoms with E-state index in [1.54, 1.807) is 0 Å². The number of hydrogen-bond acceptors (Lipinski definition) is 0. The van der Waals surface area contributed by atoms with Crippen molar-refractivity contribution in [2.45, 2.75) is 0 Å². The molecular weight excluding hydrogens is 404 g/mol. The minimum Gasteiger partial charge on any atom is 0 e. The van der Waals surface area contributed by atoms with Crippen LogP contribution in [0.1, 0.15) is 0 Å². The molecular formula is AgPdRuY. The molecule has 0 aliphatic carbocycles. The SMILES string of the molecule is [Ag].[Pd].[Ru].[Y]. The predicted molar refractivity (Wildman–Crippen MR) is 0 cm³/mol. The van der Waals surface area contributed by atoms with E-state index in [0.29, 0.717) is 0 Å². The smallest absolute Gasteiger partial charge is 0 e. The van der Waals surface area contributed by atoms with Gasteiger partial charge in [-0.25, -0.2) is 0 Å². The molecule has 0 heterocycles. The van der Waals surface area contributed by atoms with E-state index < -0.39 is 0 Å². The van der Waals surface area contributed by atoms with Crippen molar-refractivity contribution in [3.8, 4) is 0 Å². The Labute approximate surface area is 93.0 Å². The molecule has 0 aliphatic heterocycles. The van der Waals surface area contributed by atoms with Crippen molar-refractivity contribution < 1.29 is 95.0 Å². The maximum absolute atomic E-state index is 0. The summed E-state index contributed by atoms with van der Waals surface area (Å²) in [5, 5.41) is 0. The van der Waals surface area contributed by atoms with Gasteiger partial charge in [-0.2, -0.15) is 0 Å². The Morgan fingerprint density at radius 3 is 1.00 bits per heavy atom. The van der Waals surface area contributed by atoms with Crippen molar-refractivity contribution >= 4 is 0 Å². The maximum atomic E-state index is 0. The van der Waals surface area contributed by atoms with Crippen molar-refractivity contribution in [3.05, 3.63) is 0 Å². The minimum absolute atomic E-state index is 0. The molecule has 0 aromatic carbocycles. The summed E-state index contributed by atoms with van der Waals surface area (Å²) in [5.41, 5.74) is 0. The third-order valence-corrected chi connectivity index (χ3v) is 0. The summed E-state index contributed by atoms with van der Waals surface area (Å²) in [5.74, 6) is 0. The molecule has 0 bridgehead atoms. The molecule has 0 saturated carbocycles. The van der Waals surface area contributed by atoms with Crippen molar-refractivity contribution in [3.63, 3.8) is 0 Å². The summed E-state index contributed by atoms with van der Waals surface area (Å²) < 4.78 is 0. The molecule has 0 nitrogen and oxygen atoms in total. The van der Waals surface area contributed by atoms with Gasteiger partial charge in [0.1, 0.15) is 0 Å². The van der Waals surface area contributed by atoms with Crippen molar-refractivity contribution in [1.29, 1.82) is 0 Å². The average molecular weight is 404 g/mol. The molecule has 0 amide bonds. The van der Waals surface area contributed by atoms with Crippen LogP contribution >= 0.6 is 0 Å². The average Bonchev–Trinajstić information content (AvgIpc) is 0. The van der Waals surface area contributed by atoms with Crippen molar-refractivity contribution in [1.82, 2.24) is 0 Å². The standard InChI is InChI=1S/Ag.Pd.Ru.Y. The van der Waals surface area contributed by atoms with Crippen molar-refractivity contribution in [2.75, 3.05) is 0 Å². The zero-order valence-electron chi connectivity index (χ0n) is 1.55. The molecule has 0 aromatic rings. The number of rotatable bonds is 0. The molecule has 0 aromatic heterocycles. The molecule has 2 radical (unpaired) electrons. The monoisotopic (exact) mass is 404 g/mol. The van der Waals surface area contributed by atoms with E-state index >= 15 is 0 Å². The van der Waals surface area contributed by atoms with Gasteiger partial charge in [0.05, 0.1) is 0 Å². The van der Waals surface area contributed by atoms with Crippen LogP contribution in [0.3, 0.4) is 0 Å². The van der Waals surface area contributed by atoms with Crippen LogP contribution in [0.15, 0.2) is 0 Å². The van der Waals surface area contributed by atoms with Crippen molar-refractivity contribution in [2.24, 2.45) is 0 Å². The first-order chi connectivity index (χ1) is 0.